The van der Waals surface area contributed by atoms with Gasteiger partial charge in [0.2, 0.25) is 5.91 Å². The third-order valence-electron chi connectivity index (χ3n) is 5.27. The van der Waals surface area contributed by atoms with Crippen molar-refractivity contribution in [3.63, 3.8) is 0 Å². The molecule has 3 heterocycles. The van der Waals surface area contributed by atoms with Crippen molar-refractivity contribution >= 4 is 5.91 Å². The summed E-state index contributed by atoms with van der Waals surface area (Å²) in [5, 5.41) is 17.9. The molecule has 0 aliphatic carbocycles. The standard InChI is InChI=1S/C17H29N5O2/c1-2-22-15(13-20-8-3-4-9-20)18-19-17(22)14-5-10-21(11-6-14)16(24)7-12-23/h14,23H,2-13H2,1H3. The van der Waals surface area contributed by atoms with Gasteiger partial charge in [-0.3, -0.25) is 9.69 Å². The van der Waals surface area contributed by atoms with E-state index in [-0.39, 0.29) is 18.9 Å². The summed E-state index contributed by atoms with van der Waals surface area (Å²) in [6.45, 7) is 7.71. The molecule has 0 spiro atoms. The van der Waals surface area contributed by atoms with Gasteiger partial charge in [0.05, 0.1) is 13.2 Å². The quantitative estimate of drug-likeness (QED) is 0.839. The number of aliphatic hydroxyl groups excluding tert-OH is 1. The first-order valence-corrected chi connectivity index (χ1v) is 9.26. The number of nitrogens with zero attached hydrogens (tertiary/aromatic N) is 5. The van der Waals surface area contributed by atoms with Crippen molar-refractivity contribution in [1.29, 1.82) is 0 Å². The predicted octanol–water partition coefficient (Wildman–Crippen LogP) is 0.982. The van der Waals surface area contributed by atoms with E-state index in [0.29, 0.717) is 5.92 Å². The van der Waals surface area contributed by atoms with Crippen LogP contribution in [0.1, 0.15) is 56.6 Å². The van der Waals surface area contributed by atoms with Crippen molar-refractivity contribution in [3.8, 4) is 0 Å². The summed E-state index contributed by atoms with van der Waals surface area (Å²) in [6, 6.07) is 0. The van der Waals surface area contributed by atoms with Gasteiger partial charge in [0.1, 0.15) is 11.6 Å². The summed E-state index contributed by atoms with van der Waals surface area (Å²) < 4.78 is 2.27. The van der Waals surface area contributed by atoms with E-state index >= 15 is 0 Å². The fourth-order valence-electron chi connectivity index (χ4n) is 3.89. The molecular formula is C17H29N5O2. The van der Waals surface area contributed by atoms with Gasteiger partial charge in [0, 0.05) is 32.0 Å². The molecule has 0 bridgehead atoms. The van der Waals surface area contributed by atoms with Crippen LogP contribution < -0.4 is 0 Å². The Balaban J connectivity index is 1.63. The molecule has 134 valence electrons. The summed E-state index contributed by atoms with van der Waals surface area (Å²) in [7, 11) is 0. The first-order chi connectivity index (χ1) is 11.7. The van der Waals surface area contributed by atoms with Crippen molar-refractivity contribution in [3.05, 3.63) is 11.6 Å². The lowest BCUT2D eigenvalue weighted by atomic mass is 9.95. The molecule has 1 aromatic heterocycles. The van der Waals surface area contributed by atoms with Gasteiger partial charge in [-0.1, -0.05) is 0 Å². The van der Waals surface area contributed by atoms with E-state index in [1.807, 2.05) is 4.90 Å². The molecule has 0 saturated carbocycles. The molecular weight excluding hydrogens is 306 g/mol. The lowest BCUT2D eigenvalue weighted by Gasteiger charge is -2.31. The molecule has 7 nitrogen and oxygen atoms in total. The number of rotatable bonds is 6. The minimum Gasteiger partial charge on any atom is -0.396 e. The highest BCUT2D eigenvalue weighted by molar-refractivity contribution is 5.76. The Morgan fingerprint density at radius 2 is 1.88 bits per heavy atom. The van der Waals surface area contributed by atoms with Crippen LogP contribution in [0.2, 0.25) is 0 Å². The Hall–Kier alpha value is -1.47. The van der Waals surface area contributed by atoms with E-state index < -0.39 is 0 Å². The zero-order chi connectivity index (χ0) is 16.9. The maximum atomic E-state index is 11.9. The molecule has 2 fully saturated rings. The van der Waals surface area contributed by atoms with E-state index in [2.05, 4.69) is 26.6 Å². The van der Waals surface area contributed by atoms with Gasteiger partial charge < -0.3 is 14.6 Å². The first kappa shape index (κ1) is 17.4. The van der Waals surface area contributed by atoms with E-state index in [9.17, 15) is 4.79 Å². The average Bonchev–Trinajstić information content (AvgIpc) is 3.25. The first-order valence-electron chi connectivity index (χ1n) is 9.26. The number of piperidine rings is 1. The minimum absolute atomic E-state index is 0.0580. The van der Waals surface area contributed by atoms with Crippen LogP contribution in [0.25, 0.3) is 0 Å². The second-order valence-electron chi connectivity index (χ2n) is 6.83. The van der Waals surface area contributed by atoms with Crippen molar-refractivity contribution in [2.45, 2.75) is 58.0 Å². The summed E-state index contributed by atoms with van der Waals surface area (Å²) in [6.07, 6.45) is 4.66. The van der Waals surface area contributed by atoms with E-state index in [4.69, 9.17) is 5.11 Å². The Bertz CT molecular complexity index is 545. The van der Waals surface area contributed by atoms with E-state index in [1.165, 1.54) is 12.8 Å². The monoisotopic (exact) mass is 335 g/mol. The molecule has 0 aromatic carbocycles. The smallest absolute Gasteiger partial charge is 0.224 e. The third-order valence-corrected chi connectivity index (χ3v) is 5.27. The Morgan fingerprint density at radius 3 is 2.50 bits per heavy atom. The maximum Gasteiger partial charge on any atom is 0.224 e. The molecule has 1 aromatic rings. The van der Waals surface area contributed by atoms with Gasteiger partial charge in [-0.25, -0.2) is 0 Å². The Kier molecular flexibility index (Phi) is 5.84. The summed E-state index contributed by atoms with van der Waals surface area (Å²) in [5.74, 6) is 2.60. The largest absolute Gasteiger partial charge is 0.396 e. The second-order valence-corrected chi connectivity index (χ2v) is 6.83. The third kappa shape index (κ3) is 3.78. The normalized spacial score (nSPS) is 20.0. The molecule has 0 unspecified atom stereocenters. The molecule has 2 saturated heterocycles. The van der Waals surface area contributed by atoms with Gasteiger partial charge in [-0.15, -0.1) is 10.2 Å². The number of aliphatic hydroxyl groups is 1. The van der Waals surface area contributed by atoms with Crippen LogP contribution in [0, 0.1) is 0 Å². The topological polar surface area (TPSA) is 74.5 Å². The number of carbonyl (C=O) groups is 1. The van der Waals surface area contributed by atoms with Crippen LogP contribution in [-0.4, -0.2) is 68.4 Å². The molecule has 0 atom stereocenters. The highest BCUT2D eigenvalue weighted by Gasteiger charge is 2.28. The molecule has 0 radical (unpaired) electrons. The van der Waals surface area contributed by atoms with Gasteiger partial charge in [0.25, 0.3) is 0 Å². The van der Waals surface area contributed by atoms with Crippen LogP contribution in [0.5, 0.6) is 0 Å². The van der Waals surface area contributed by atoms with E-state index in [0.717, 1.165) is 63.8 Å². The predicted molar refractivity (Wildman–Crippen MR) is 90.5 cm³/mol. The fourth-order valence-corrected chi connectivity index (χ4v) is 3.89. The highest BCUT2D eigenvalue weighted by Crippen LogP contribution is 2.28. The number of aromatic nitrogens is 3. The molecule has 7 heteroatoms. The van der Waals surface area contributed by atoms with Crippen LogP contribution in [0.15, 0.2) is 0 Å². The molecule has 3 rings (SSSR count). The number of likely N-dealkylation sites (tertiary alicyclic amines) is 2. The van der Waals surface area contributed by atoms with Crippen molar-refractivity contribution < 1.29 is 9.90 Å². The number of hydrogen-bond acceptors (Lipinski definition) is 5. The minimum atomic E-state index is -0.0667. The van der Waals surface area contributed by atoms with Gasteiger partial charge >= 0.3 is 0 Å². The number of hydrogen-bond donors (Lipinski definition) is 1. The van der Waals surface area contributed by atoms with Crippen molar-refractivity contribution in [1.82, 2.24) is 24.6 Å². The van der Waals surface area contributed by atoms with Gasteiger partial charge in [-0.2, -0.15) is 0 Å². The van der Waals surface area contributed by atoms with Crippen LogP contribution in [-0.2, 0) is 17.9 Å². The molecule has 1 amide bonds. The number of carbonyl (C=O) groups excluding carboxylic acids is 1. The molecule has 2 aliphatic heterocycles. The summed E-state index contributed by atoms with van der Waals surface area (Å²) >= 11 is 0. The number of amides is 1. The zero-order valence-electron chi connectivity index (χ0n) is 14.7. The Morgan fingerprint density at radius 1 is 1.17 bits per heavy atom. The molecule has 24 heavy (non-hydrogen) atoms. The average molecular weight is 335 g/mol. The summed E-state index contributed by atoms with van der Waals surface area (Å²) in [5.41, 5.74) is 0. The molecule has 2 aliphatic rings. The van der Waals surface area contributed by atoms with Crippen molar-refractivity contribution in [2.75, 3.05) is 32.8 Å². The lowest BCUT2D eigenvalue weighted by Crippen LogP contribution is -2.38. The zero-order valence-corrected chi connectivity index (χ0v) is 14.7. The van der Waals surface area contributed by atoms with Gasteiger partial charge in [0.15, 0.2) is 0 Å². The van der Waals surface area contributed by atoms with Gasteiger partial charge in [-0.05, 0) is 45.7 Å². The highest BCUT2D eigenvalue weighted by atomic mass is 16.3. The SMILES string of the molecule is CCn1c(CN2CCCC2)nnc1C1CCN(C(=O)CCO)CC1. The van der Waals surface area contributed by atoms with Crippen LogP contribution in [0.3, 0.4) is 0 Å². The van der Waals surface area contributed by atoms with Crippen LogP contribution in [0.4, 0.5) is 0 Å². The maximum absolute atomic E-state index is 11.9. The Labute approximate surface area is 143 Å². The van der Waals surface area contributed by atoms with Crippen molar-refractivity contribution in [2.24, 2.45) is 0 Å². The molecule has 1 N–H and O–H groups in total. The van der Waals surface area contributed by atoms with E-state index in [1.54, 1.807) is 0 Å². The summed E-state index contributed by atoms with van der Waals surface area (Å²) in [4.78, 5) is 16.2. The van der Waals surface area contributed by atoms with Crippen LogP contribution >= 0.6 is 0 Å². The second kappa shape index (κ2) is 8.07. The lowest BCUT2D eigenvalue weighted by molar-refractivity contribution is -0.132. The fraction of sp³-hybridized carbons (Fsp3) is 0.824.